The molecule has 0 unspecified atom stereocenters. The van der Waals surface area contributed by atoms with E-state index >= 15 is 0 Å². The highest BCUT2D eigenvalue weighted by atomic mass is 32.2. The molecule has 0 aliphatic carbocycles. The normalized spacial score (nSPS) is 16.8. The van der Waals surface area contributed by atoms with Crippen LogP contribution in [0.4, 0.5) is 5.69 Å². The topological polar surface area (TPSA) is 69.7 Å². The van der Waals surface area contributed by atoms with E-state index < -0.39 is 10.0 Å². The quantitative estimate of drug-likeness (QED) is 0.737. The molecular weight excluding hydrogens is 398 g/mol. The fourth-order valence-corrected chi connectivity index (χ4v) is 5.29. The van der Waals surface area contributed by atoms with Gasteiger partial charge >= 0.3 is 0 Å². The number of carbonyl (C=O) groups is 1. The number of likely N-dealkylation sites (tertiary alicyclic amines) is 1. The fourth-order valence-electron chi connectivity index (χ4n) is 4.22. The van der Waals surface area contributed by atoms with Crippen LogP contribution < -0.4 is 9.62 Å². The summed E-state index contributed by atoms with van der Waals surface area (Å²) in [5.74, 6) is 0.0654. The second-order valence-electron chi connectivity index (χ2n) is 8.06. The number of nitrogens with zero attached hydrogens (tertiary/aromatic N) is 2. The van der Waals surface area contributed by atoms with Crippen LogP contribution in [0.5, 0.6) is 0 Å². The zero-order chi connectivity index (χ0) is 21.1. The molecule has 2 aromatic rings. The number of hydrogen-bond acceptors (Lipinski definition) is 4. The van der Waals surface area contributed by atoms with E-state index in [1.54, 1.807) is 23.1 Å². The van der Waals surface area contributed by atoms with E-state index in [9.17, 15) is 13.2 Å². The van der Waals surface area contributed by atoms with Crippen molar-refractivity contribution in [1.82, 2.24) is 9.62 Å². The van der Waals surface area contributed by atoms with Crippen molar-refractivity contribution in [3.8, 4) is 0 Å². The molecule has 160 valence electrons. The second kappa shape index (κ2) is 8.88. The average molecular weight is 428 g/mol. The Morgan fingerprint density at radius 2 is 1.70 bits per heavy atom. The molecule has 4 rings (SSSR count). The lowest BCUT2D eigenvalue weighted by Crippen LogP contribution is -2.27. The molecule has 0 radical (unpaired) electrons. The number of benzene rings is 2. The van der Waals surface area contributed by atoms with Gasteiger partial charge < -0.3 is 4.90 Å². The molecule has 2 heterocycles. The van der Waals surface area contributed by atoms with Gasteiger partial charge in [-0.25, -0.2) is 13.1 Å². The first-order valence-electron chi connectivity index (χ1n) is 10.7. The summed E-state index contributed by atoms with van der Waals surface area (Å²) in [6.07, 6.45) is 3.67. The van der Waals surface area contributed by atoms with Crippen molar-refractivity contribution in [2.24, 2.45) is 0 Å². The van der Waals surface area contributed by atoms with Crippen molar-refractivity contribution < 1.29 is 13.2 Å². The van der Waals surface area contributed by atoms with E-state index in [1.165, 1.54) is 18.4 Å². The third-order valence-electron chi connectivity index (χ3n) is 5.95. The number of carbonyl (C=O) groups excluding carboxylic acids is 1. The molecule has 0 atom stereocenters. The SMILES string of the molecule is CCC(=O)N1CCc2cc(S(=O)(=O)NCc3ccc(CN4CCCC4)cc3)ccc21. The fraction of sp³-hybridized carbons (Fsp3) is 0.435. The van der Waals surface area contributed by atoms with Crippen LogP contribution in [0.25, 0.3) is 0 Å². The highest BCUT2D eigenvalue weighted by molar-refractivity contribution is 7.89. The summed E-state index contributed by atoms with van der Waals surface area (Å²) in [7, 11) is -3.61. The standard InChI is InChI=1S/C23H29N3O3S/c1-2-23(27)26-14-11-20-15-21(9-10-22(20)26)30(28,29)24-16-18-5-7-19(8-6-18)17-25-12-3-4-13-25/h5-10,15,24H,2-4,11-14,16-17H2,1H3. The van der Waals surface area contributed by atoms with Gasteiger partial charge in [0.15, 0.2) is 0 Å². The Morgan fingerprint density at radius 3 is 2.40 bits per heavy atom. The maximum absolute atomic E-state index is 12.8. The number of fused-ring (bicyclic) bond motifs is 1. The Morgan fingerprint density at radius 1 is 1.00 bits per heavy atom. The van der Waals surface area contributed by atoms with Crippen molar-refractivity contribution in [2.45, 2.75) is 50.6 Å². The Kier molecular flexibility index (Phi) is 6.22. The molecule has 1 N–H and O–H groups in total. The molecular formula is C23H29N3O3S. The molecule has 0 saturated carbocycles. The molecule has 2 aliphatic heterocycles. The molecule has 0 spiro atoms. The van der Waals surface area contributed by atoms with Gasteiger partial charge in [-0.3, -0.25) is 9.69 Å². The summed E-state index contributed by atoms with van der Waals surface area (Å²) in [6.45, 7) is 5.98. The van der Waals surface area contributed by atoms with Gasteiger partial charge in [0.2, 0.25) is 15.9 Å². The van der Waals surface area contributed by atoms with Gasteiger partial charge in [0.05, 0.1) is 4.90 Å². The van der Waals surface area contributed by atoms with E-state index in [0.29, 0.717) is 19.4 Å². The number of rotatable bonds is 7. The van der Waals surface area contributed by atoms with Crippen LogP contribution in [0.1, 0.15) is 42.9 Å². The van der Waals surface area contributed by atoms with Gasteiger partial charge in [-0.2, -0.15) is 0 Å². The third-order valence-corrected chi connectivity index (χ3v) is 7.35. The molecule has 1 saturated heterocycles. The lowest BCUT2D eigenvalue weighted by molar-refractivity contribution is -0.118. The van der Waals surface area contributed by atoms with Crippen LogP contribution in [0.2, 0.25) is 0 Å². The van der Waals surface area contributed by atoms with Crippen LogP contribution in [0.15, 0.2) is 47.4 Å². The predicted molar refractivity (Wildman–Crippen MR) is 118 cm³/mol. The Bertz CT molecular complexity index is 1010. The van der Waals surface area contributed by atoms with Crippen LogP contribution >= 0.6 is 0 Å². The van der Waals surface area contributed by atoms with Crippen LogP contribution in [0.3, 0.4) is 0 Å². The minimum atomic E-state index is -3.61. The third kappa shape index (κ3) is 4.58. The Balaban J connectivity index is 1.39. The summed E-state index contributed by atoms with van der Waals surface area (Å²) in [4.78, 5) is 16.5. The average Bonchev–Trinajstić information content (AvgIpc) is 3.42. The van der Waals surface area contributed by atoms with Crippen LogP contribution in [-0.4, -0.2) is 38.9 Å². The number of nitrogens with one attached hydrogen (secondary N) is 1. The van der Waals surface area contributed by atoms with Gasteiger partial charge in [0.25, 0.3) is 0 Å². The maximum atomic E-state index is 12.8. The molecule has 7 heteroatoms. The summed E-state index contributed by atoms with van der Waals surface area (Å²) >= 11 is 0. The first kappa shape index (κ1) is 21.0. The van der Waals surface area contributed by atoms with Crippen LogP contribution in [-0.2, 0) is 34.3 Å². The number of amides is 1. The summed E-state index contributed by atoms with van der Waals surface area (Å²) in [5, 5.41) is 0. The summed E-state index contributed by atoms with van der Waals surface area (Å²) in [6, 6.07) is 13.2. The molecule has 30 heavy (non-hydrogen) atoms. The predicted octanol–water partition coefficient (Wildman–Crippen LogP) is 3.06. The minimum absolute atomic E-state index is 0.0654. The van der Waals surface area contributed by atoms with Gasteiger partial charge in [0.1, 0.15) is 0 Å². The summed E-state index contributed by atoms with van der Waals surface area (Å²) in [5.41, 5.74) is 3.93. The monoisotopic (exact) mass is 427 g/mol. The van der Waals surface area contributed by atoms with Gasteiger partial charge in [-0.1, -0.05) is 31.2 Å². The molecule has 2 aliphatic rings. The van der Waals surface area contributed by atoms with E-state index in [2.05, 4.69) is 21.8 Å². The molecule has 2 aromatic carbocycles. The smallest absolute Gasteiger partial charge is 0.240 e. The maximum Gasteiger partial charge on any atom is 0.240 e. The van der Waals surface area contributed by atoms with E-state index in [1.807, 2.05) is 19.1 Å². The number of anilines is 1. The molecule has 6 nitrogen and oxygen atoms in total. The van der Waals surface area contributed by atoms with Crippen LogP contribution in [0, 0.1) is 0 Å². The lowest BCUT2D eigenvalue weighted by Gasteiger charge is -2.16. The Hall–Kier alpha value is -2.22. The minimum Gasteiger partial charge on any atom is -0.312 e. The molecule has 0 aromatic heterocycles. The zero-order valence-electron chi connectivity index (χ0n) is 17.4. The van der Waals surface area contributed by atoms with Gasteiger partial charge in [0, 0.05) is 31.7 Å². The van der Waals surface area contributed by atoms with Crippen molar-refractivity contribution >= 4 is 21.6 Å². The molecule has 0 bridgehead atoms. The lowest BCUT2D eigenvalue weighted by atomic mass is 10.1. The second-order valence-corrected chi connectivity index (χ2v) is 9.83. The van der Waals surface area contributed by atoms with Crippen molar-refractivity contribution in [1.29, 1.82) is 0 Å². The van der Waals surface area contributed by atoms with E-state index in [0.717, 1.165) is 36.4 Å². The largest absolute Gasteiger partial charge is 0.312 e. The first-order valence-corrected chi connectivity index (χ1v) is 12.2. The van der Waals surface area contributed by atoms with Gasteiger partial charge in [-0.15, -0.1) is 0 Å². The van der Waals surface area contributed by atoms with Crippen molar-refractivity contribution in [2.75, 3.05) is 24.5 Å². The van der Waals surface area contributed by atoms with E-state index in [-0.39, 0.29) is 17.3 Å². The van der Waals surface area contributed by atoms with Gasteiger partial charge in [-0.05, 0) is 67.2 Å². The zero-order valence-corrected chi connectivity index (χ0v) is 18.2. The molecule has 1 fully saturated rings. The highest BCUT2D eigenvalue weighted by Crippen LogP contribution is 2.30. The highest BCUT2D eigenvalue weighted by Gasteiger charge is 2.25. The number of hydrogen-bond donors (Lipinski definition) is 1. The molecule has 1 amide bonds. The van der Waals surface area contributed by atoms with Crippen molar-refractivity contribution in [3.63, 3.8) is 0 Å². The Labute approximate surface area is 178 Å². The van der Waals surface area contributed by atoms with Crippen molar-refractivity contribution in [3.05, 3.63) is 59.2 Å². The summed E-state index contributed by atoms with van der Waals surface area (Å²) < 4.78 is 28.3. The van der Waals surface area contributed by atoms with E-state index in [4.69, 9.17) is 0 Å². The number of sulfonamides is 1. The first-order chi connectivity index (χ1) is 14.5.